The van der Waals surface area contributed by atoms with Crippen LogP contribution >= 0.6 is 0 Å². The molecular formula is C10H14N2O2Si. The van der Waals surface area contributed by atoms with Crippen LogP contribution in [0, 0.1) is 0 Å². The average Bonchev–Trinajstić information content (AvgIpc) is 2.92. The molecular weight excluding hydrogens is 208 g/mol. The maximum Gasteiger partial charge on any atom is 0.595 e. The molecule has 0 radical (unpaired) electrons. The van der Waals surface area contributed by atoms with Crippen LogP contribution in [0.5, 0.6) is 0 Å². The van der Waals surface area contributed by atoms with Gasteiger partial charge < -0.3 is 17.3 Å². The molecule has 2 heterocycles. The van der Waals surface area contributed by atoms with Gasteiger partial charge in [-0.3, -0.25) is 0 Å². The average molecular weight is 222 g/mol. The van der Waals surface area contributed by atoms with E-state index in [1.165, 1.54) is 0 Å². The minimum atomic E-state index is -2.56. The van der Waals surface area contributed by atoms with E-state index < -0.39 is 8.88 Å². The van der Waals surface area contributed by atoms with Crippen LogP contribution in [-0.2, 0) is 8.85 Å². The first-order chi connectivity index (χ1) is 7.33. The first kappa shape index (κ1) is 10.2. The van der Waals surface area contributed by atoms with Gasteiger partial charge in [-0.05, 0) is 24.3 Å². The van der Waals surface area contributed by atoms with Crippen molar-refractivity contribution < 1.29 is 8.85 Å². The predicted octanol–water partition coefficient (Wildman–Crippen LogP) is 1.41. The summed E-state index contributed by atoms with van der Waals surface area (Å²) in [5, 5.41) is 0. The van der Waals surface area contributed by atoms with Gasteiger partial charge in [0.05, 0.1) is 0 Å². The number of rotatable bonds is 4. The fourth-order valence-corrected chi connectivity index (χ4v) is 4.06. The zero-order valence-electron chi connectivity index (χ0n) is 8.83. The van der Waals surface area contributed by atoms with Gasteiger partial charge >= 0.3 is 8.88 Å². The van der Waals surface area contributed by atoms with Crippen molar-refractivity contribution in [2.24, 2.45) is 0 Å². The molecule has 0 amide bonds. The van der Waals surface area contributed by atoms with Gasteiger partial charge in [-0.25, -0.2) is 0 Å². The van der Waals surface area contributed by atoms with Gasteiger partial charge in [-0.1, -0.05) is 0 Å². The highest BCUT2D eigenvalue weighted by Crippen LogP contribution is 2.13. The van der Waals surface area contributed by atoms with E-state index in [9.17, 15) is 0 Å². The van der Waals surface area contributed by atoms with E-state index in [0.29, 0.717) is 0 Å². The maximum atomic E-state index is 5.62. The van der Waals surface area contributed by atoms with Crippen molar-refractivity contribution in [2.45, 2.75) is 0 Å². The SMILES string of the molecule is CO[Si](OC)(n1cccc1)n1cccc1. The van der Waals surface area contributed by atoms with Crippen LogP contribution in [0.1, 0.15) is 0 Å². The molecule has 2 aromatic rings. The molecule has 0 atom stereocenters. The fraction of sp³-hybridized carbons (Fsp3) is 0.200. The van der Waals surface area contributed by atoms with E-state index in [1.807, 2.05) is 57.5 Å². The van der Waals surface area contributed by atoms with Crippen molar-refractivity contribution in [3.05, 3.63) is 49.1 Å². The second-order valence-electron chi connectivity index (χ2n) is 3.14. The van der Waals surface area contributed by atoms with Crippen LogP contribution in [0.15, 0.2) is 49.1 Å². The second kappa shape index (κ2) is 4.06. The zero-order chi connectivity index (χ0) is 10.7. The normalized spacial score (nSPS) is 11.9. The maximum absolute atomic E-state index is 5.62. The Hall–Kier alpha value is -1.30. The summed E-state index contributed by atoms with van der Waals surface area (Å²) in [6, 6.07) is 7.85. The first-order valence-corrected chi connectivity index (χ1v) is 6.42. The Morgan fingerprint density at radius 1 is 0.733 bits per heavy atom. The van der Waals surface area contributed by atoms with E-state index in [1.54, 1.807) is 14.2 Å². The Balaban J connectivity index is 2.50. The van der Waals surface area contributed by atoms with Gasteiger partial charge in [0, 0.05) is 39.0 Å². The van der Waals surface area contributed by atoms with Gasteiger partial charge in [0.1, 0.15) is 0 Å². The van der Waals surface area contributed by atoms with Gasteiger partial charge in [0.25, 0.3) is 0 Å². The summed E-state index contributed by atoms with van der Waals surface area (Å²) in [5.74, 6) is 0. The molecule has 0 spiro atoms. The highest BCUT2D eigenvalue weighted by molar-refractivity contribution is 6.64. The lowest BCUT2D eigenvalue weighted by Crippen LogP contribution is -2.54. The molecule has 0 saturated carbocycles. The van der Waals surface area contributed by atoms with Crippen molar-refractivity contribution >= 4 is 8.88 Å². The summed E-state index contributed by atoms with van der Waals surface area (Å²) < 4.78 is 15.2. The largest absolute Gasteiger partial charge is 0.595 e. The second-order valence-corrected chi connectivity index (χ2v) is 6.08. The smallest absolute Gasteiger partial charge is 0.365 e. The number of aromatic nitrogens is 2. The van der Waals surface area contributed by atoms with Crippen molar-refractivity contribution in [3.8, 4) is 0 Å². The first-order valence-electron chi connectivity index (χ1n) is 4.70. The monoisotopic (exact) mass is 222 g/mol. The Morgan fingerprint density at radius 2 is 1.07 bits per heavy atom. The van der Waals surface area contributed by atoms with Gasteiger partial charge in [0.2, 0.25) is 0 Å². The highest BCUT2D eigenvalue weighted by Gasteiger charge is 2.42. The fourth-order valence-electron chi connectivity index (χ4n) is 1.68. The molecule has 80 valence electrons. The van der Waals surface area contributed by atoms with Crippen LogP contribution < -0.4 is 0 Å². The quantitative estimate of drug-likeness (QED) is 0.732. The summed E-state index contributed by atoms with van der Waals surface area (Å²) >= 11 is 0. The van der Waals surface area contributed by atoms with Crippen molar-refractivity contribution in [2.75, 3.05) is 14.2 Å². The summed E-state index contributed by atoms with van der Waals surface area (Å²) in [4.78, 5) is 0. The predicted molar refractivity (Wildman–Crippen MR) is 59.4 cm³/mol. The molecule has 0 aromatic carbocycles. The number of hydrogen-bond acceptors (Lipinski definition) is 2. The van der Waals surface area contributed by atoms with E-state index in [4.69, 9.17) is 8.85 Å². The molecule has 0 aliphatic heterocycles. The van der Waals surface area contributed by atoms with E-state index in [2.05, 4.69) is 0 Å². The van der Waals surface area contributed by atoms with Crippen LogP contribution in [-0.4, -0.2) is 31.6 Å². The van der Waals surface area contributed by atoms with Crippen LogP contribution in [0.25, 0.3) is 0 Å². The van der Waals surface area contributed by atoms with Gasteiger partial charge in [0.15, 0.2) is 0 Å². The third kappa shape index (κ3) is 1.54. The minimum absolute atomic E-state index is 1.68. The molecule has 0 aliphatic carbocycles. The number of hydrogen-bond donors (Lipinski definition) is 0. The Bertz CT molecular complexity index is 357. The summed E-state index contributed by atoms with van der Waals surface area (Å²) in [6.45, 7) is 0. The molecule has 4 nitrogen and oxygen atoms in total. The Morgan fingerprint density at radius 3 is 1.33 bits per heavy atom. The van der Waals surface area contributed by atoms with Crippen molar-refractivity contribution in [1.82, 2.24) is 8.47 Å². The zero-order valence-corrected chi connectivity index (χ0v) is 9.83. The summed E-state index contributed by atoms with van der Waals surface area (Å²) in [7, 11) is 0.795. The van der Waals surface area contributed by atoms with E-state index in [0.717, 1.165) is 0 Å². The molecule has 0 N–H and O–H groups in total. The summed E-state index contributed by atoms with van der Waals surface area (Å²) in [6.07, 6.45) is 7.83. The third-order valence-electron chi connectivity index (χ3n) is 2.39. The van der Waals surface area contributed by atoms with Crippen LogP contribution in [0.2, 0.25) is 0 Å². The standard InChI is InChI=1S/C10H14N2O2Si/c1-13-15(14-2,11-7-3-4-8-11)12-9-5-6-10-12/h3-10H,1-2H3. The highest BCUT2D eigenvalue weighted by atomic mass is 28.4. The van der Waals surface area contributed by atoms with E-state index in [-0.39, 0.29) is 0 Å². The summed E-state index contributed by atoms with van der Waals surface area (Å²) in [5.41, 5.74) is 0. The van der Waals surface area contributed by atoms with Crippen molar-refractivity contribution in [3.63, 3.8) is 0 Å². The third-order valence-corrected chi connectivity index (χ3v) is 5.36. The lowest BCUT2D eigenvalue weighted by atomic mass is 10.7. The van der Waals surface area contributed by atoms with Crippen LogP contribution in [0.3, 0.4) is 0 Å². The van der Waals surface area contributed by atoms with Gasteiger partial charge in [-0.15, -0.1) is 0 Å². The van der Waals surface area contributed by atoms with Crippen LogP contribution in [0.4, 0.5) is 0 Å². The topological polar surface area (TPSA) is 28.3 Å². The lowest BCUT2D eigenvalue weighted by molar-refractivity contribution is 0.219. The molecule has 5 heteroatoms. The van der Waals surface area contributed by atoms with E-state index >= 15 is 0 Å². The molecule has 0 aliphatic rings. The molecule has 2 aromatic heterocycles. The molecule has 2 rings (SSSR count). The molecule has 15 heavy (non-hydrogen) atoms. The minimum Gasteiger partial charge on any atom is -0.365 e. The Kier molecular flexibility index (Phi) is 2.76. The van der Waals surface area contributed by atoms with Gasteiger partial charge in [-0.2, -0.15) is 0 Å². The molecule has 0 unspecified atom stereocenters. The molecule has 0 saturated heterocycles. The molecule has 0 bridgehead atoms. The van der Waals surface area contributed by atoms with Crippen molar-refractivity contribution in [1.29, 1.82) is 0 Å². The molecule has 0 fully saturated rings. The Labute approximate surface area is 90.1 Å². The number of nitrogens with zero attached hydrogens (tertiary/aromatic N) is 2. The lowest BCUT2D eigenvalue weighted by Gasteiger charge is -2.28.